The number of rotatable bonds is 32. The van der Waals surface area contributed by atoms with Gasteiger partial charge in [-0.3, -0.25) is 14.4 Å². The molecule has 0 saturated carbocycles. The molecule has 4 N–H and O–H groups in total. The van der Waals surface area contributed by atoms with Crippen LogP contribution in [0.4, 0.5) is 0 Å². The number of allylic oxidation sites excluding steroid dienone is 3. The fourth-order valence-electron chi connectivity index (χ4n) is 5.07. The molecule has 9 nitrogen and oxygen atoms in total. The maximum absolute atomic E-state index is 12.6. The van der Waals surface area contributed by atoms with Crippen LogP contribution >= 0.6 is 0 Å². The summed E-state index contributed by atoms with van der Waals surface area (Å²) >= 11 is 0. The van der Waals surface area contributed by atoms with Crippen LogP contribution in [0.15, 0.2) is 24.3 Å². The summed E-state index contributed by atoms with van der Waals surface area (Å²) in [7, 11) is 0. The molecule has 46 heavy (non-hydrogen) atoms. The zero-order valence-electron chi connectivity index (χ0n) is 29.1. The zero-order chi connectivity index (χ0) is 34.1. The maximum atomic E-state index is 12.6. The van der Waals surface area contributed by atoms with Crippen molar-refractivity contribution in [1.29, 1.82) is 0 Å². The van der Waals surface area contributed by atoms with Gasteiger partial charge in [0.15, 0.2) is 0 Å². The van der Waals surface area contributed by atoms with Crippen LogP contribution in [0.25, 0.3) is 0 Å². The molecule has 0 saturated heterocycles. The quantitative estimate of drug-likeness (QED) is 0.0332. The molecule has 0 heterocycles. The van der Waals surface area contributed by atoms with Gasteiger partial charge in [0.25, 0.3) is 0 Å². The number of hydrogen-bond donors (Lipinski definition) is 4. The van der Waals surface area contributed by atoms with Gasteiger partial charge in [-0.2, -0.15) is 0 Å². The molecule has 266 valence electrons. The Kier molecular flexibility index (Phi) is 30.4. The SMILES string of the molecule is CCCCCC/C=C\C/C=C\C(CCCCCCC(=O)NCC(=O)NC(CO)C(=O)O)OC(=O)CCCCCCCCCCCC. The van der Waals surface area contributed by atoms with Crippen LogP contribution in [0.2, 0.25) is 0 Å². The molecule has 0 aliphatic heterocycles. The summed E-state index contributed by atoms with van der Waals surface area (Å²) in [5.41, 5.74) is 0. The number of aliphatic hydroxyl groups excluding tert-OH is 1. The Morgan fingerprint density at radius 2 is 1.24 bits per heavy atom. The third-order valence-electron chi connectivity index (χ3n) is 7.94. The van der Waals surface area contributed by atoms with E-state index >= 15 is 0 Å². The predicted octanol–water partition coefficient (Wildman–Crippen LogP) is 7.70. The van der Waals surface area contributed by atoms with E-state index in [1.54, 1.807) is 0 Å². The van der Waals surface area contributed by atoms with Gasteiger partial charge in [-0.15, -0.1) is 0 Å². The predicted molar refractivity (Wildman–Crippen MR) is 185 cm³/mol. The fourth-order valence-corrected chi connectivity index (χ4v) is 5.07. The smallest absolute Gasteiger partial charge is 0.328 e. The van der Waals surface area contributed by atoms with Gasteiger partial charge in [0, 0.05) is 12.8 Å². The largest absolute Gasteiger partial charge is 0.480 e. The lowest BCUT2D eigenvalue weighted by atomic mass is 10.1. The normalized spacial score (nSPS) is 12.8. The van der Waals surface area contributed by atoms with Crippen molar-refractivity contribution < 1.29 is 34.1 Å². The number of hydrogen-bond acceptors (Lipinski definition) is 6. The monoisotopic (exact) mass is 650 g/mol. The van der Waals surface area contributed by atoms with Crippen molar-refractivity contribution in [2.45, 2.75) is 174 Å². The fraction of sp³-hybridized carbons (Fsp3) is 0.784. The highest BCUT2D eigenvalue weighted by Crippen LogP contribution is 2.15. The summed E-state index contributed by atoms with van der Waals surface area (Å²) in [6.07, 6.45) is 32.2. The average Bonchev–Trinajstić information content (AvgIpc) is 3.03. The van der Waals surface area contributed by atoms with E-state index in [1.807, 2.05) is 6.08 Å². The van der Waals surface area contributed by atoms with Gasteiger partial charge < -0.3 is 25.6 Å². The first kappa shape index (κ1) is 43.3. The van der Waals surface area contributed by atoms with E-state index < -0.39 is 24.5 Å². The lowest BCUT2D eigenvalue weighted by Gasteiger charge is -2.15. The Labute approximate surface area is 279 Å². The standard InChI is InChI=1S/C37H66N2O7/c1-3-5-7-9-11-13-15-17-19-25-29-36(43)46-32(26-22-18-16-14-12-10-8-6-4-2)27-23-20-21-24-28-34(41)38-30-35(42)39-33(31-40)37(44)45/h14,16,22,26,32-33,40H,3-13,15,17-21,23-25,27-31H2,1-2H3,(H,38,41)(H,39,42)(H,44,45)/b16-14-,26-22-. The number of esters is 1. The first-order valence-electron chi connectivity index (χ1n) is 18.2. The van der Waals surface area contributed by atoms with Crippen LogP contribution in [0.1, 0.15) is 162 Å². The number of aliphatic carboxylic acids is 1. The van der Waals surface area contributed by atoms with E-state index in [1.165, 1.54) is 77.0 Å². The second-order valence-corrected chi connectivity index (χ2v) is 12.3. The van der Waals surface area contributed by atoms with Gasteiger partial charge in [0.2, 0.25) is 11.8 Å². The molecule has 0 aromatic carbocycles. The minimum Gasteiger partial charge on any atom is -0.480 e. The molecule has 2 atom stereocenters. The Balaban J connectivity index is 4.40. The summed E-state index contributed by atoms with van der Waals surface area (Å²) in [5.74, 6) is -2.42. The Morgan fingerprint density at radius 1 is 0.674 bits per heavy atom. The van der Waals surface area contributed by atoms with Crippen LogP contribution in [0.5, 0.6) is 0 Å². The number of carbonyl (C=O) groups is 4. The van der Waals surface area contributed by atoms with Crippen LogP contribution in [0, 0.1) is 0 Å². The van der Waals surface area contributed by atoms with Gasteiger partial charge in [-0.1, -0.05) is 122 Å². The van der Waals surface area contributed by atoms with E-state index in [-0.39, 0.29) is 30.9 Å². The van der Waals surface area contributed by atoms with E-state index in [0.717, 1.165) is 51.4 Å². The highest BCUT2D eigenvalue weighted by atomic mass is 16.5. The molecule has 0 spiro atoms. The molecule has 0 aliphatic carbocycles. The summed E-state index contributed by atoms with van der Waals surface area (Å²) in [6.45, 7) is 3.40. The third-order valence-corrected chi connectivity index (χ3v) is 7.94. The zero-order valence-corrected chi connectivity index (χ0v) is 29.1. The van der Waals surface area contributed by atoms with Gasteiger partial charge in [0.1, 0.15) is 12.1 Å². The summed E-state index contributed by atoms with van der Waals surface area (Å²) < 4.78 is 5.85. The number of aliphatic hydroxyl groups is 1. The number of unbranched alkanes of at least 4 members (excludes halogenated alkanes) is 16. The third kappa shape index (κ3) is 28.8. The van der Waals surface area contributed by atoms with Crippen LogP contribution < -0.4 is 10.6 Å². The second-order valence-electron chi connectivity index (χ2n) is 12.3. The second kappa shape index (κ2) is 32.3. The van der Waals surface area contributed by atoms with Crippen LogP contribution in [-0.4, -0.2) is 59.3 Å². The molecule has 9 heteroatoms. The van der Waals surface area contributed by atoms with Crippen LogP contribution in [-0.2, 0) is 23.9 Å². The van der Waals surface area contributed by atoms with Crippen molar-refractivity contribution in [2.75, 3.05) is 13.2 Å². The molecule has 0 radical (unpaired) electrons. The number of nitrogens with one attached hydrogen (secondary N) is 2. The first-order chi connectivity index (χ1) is 22.3. The van der Waals surface area contributed by atoms with Gasteiger partial charge in [-0.05, 0) is 51.0 Å². The minimum atomic E-state index is -1.39. The van der Waals surface area contributed by atoms with Crippen molar-refractivity contribution in [1.82, 2.24) is 10.6 Å². The maximum Gasteiger partial charge on any atom is 0.328 e. The molecule has 0 aromatic rings. The number of ether oxygens (including phenoxy) is 1. The Hall–Kier alpha value is -2.68. The average molecular weight is 651 g/mol. The molecule has 2 unspecified atom stereocenters. The minimum absolute atomic E-state index is 0.130. The molecule has 0 fully saturated rings. The molecule has 0 aliphatic rings. The summed E-state index contributed by atoms with van der Waals surface area (Å²) in [5, 5.41) is 22.5. The van der Waals surface area contributed by atoms with Gasteiger partial charge in [0.05, 0.1) is 13.2 Å². The first-order valence-corrected chi connectivity index (χ1v) is 18.2. The lowest BCUT2D eigenvalue weighted by molar-refractivity contribution is -0.147. The summed E-state index contributed by atoms with van der Waals surface area (Å²) in [4.78, 5) is 47.3. The molecule has 0 rings (SSSR count). The summed E-state index contributed by atoms with van der Waals surface area (Å²) in [6, 6.07) is -1.39. The van der Waals surface area contributed by atoms with Crippen molar-refractivity contribution in [2.24, 2.45) is 0 Å². The highest BCUT2D eigenvalue weighted by Gasteiger charge is 2.18. The van der Waals surface area contributed by atoms with Crippen molar-refractivity contribution >= 4 is 23.8 Å². The van der Waals surface area contributed by atoms with Crippen molar-refractivity contribution in [3.8, 4) is 0 Å². The van der Waals surface area contributed by atoms with Crippen LogP contribution in [0.3, 0.4) is 0 Å². The highest BCUT2D eigenvalue weighted by molar-refractivity contribution is 5.87. The van der Waals surface area contributed by atoms with Crippen molar-refractivity contribution in [3.63, 3.8) is 0 Å². The number of carboxylic acid groups (broad SMARTS) is 1. The lowest BCUT2D eigenvalue weighted by Crippen LogP contribution is -2.47. The molecule has 0 aromatic heterocycles. The van der Waals surface area contributed by atoms with Gasteiger partial charge >= 0.3 is 11.9 Å². The Bertz CT molecular complexity index is 844. The molecular weight excluding hydrogens is 584 g/mol. The molecule has 2 amide bonds. The number of carbonyl (C=O) groups excluding carboxylic acids is 3. The van der Waals surface area contributed by atoms with E-state index in [4.69, 9.17) is 14.9 Å². The van der Waals surface area contributed by atoms with E-state index in [2.05, 4.69) is 42.7 Å². The number of amides is 2. The Morgan fingerprint density at radius 3 is 1.85 bits per heavy atom. The van der Waals surface area contributed by atoms with E-state index in [9.17, 15) is 19.2 Å². The molecule has 0 bridgehead atoms. The topological polar surface area (TPSA) is 142 Å². The molecular formula is C37H66N2O7. The van der Waals surface area contributed by atoms with Crippen molar-refractivity contribution in [3.05, 3.63) is 24.3 Å². The van der Waals surface area contributed by atoms with Gasteiger partial charge in [-0.25, -0.2) is 4.79 Å². The van der Waals surface area contributed by atoms with E-state index in [0.29, 0.717) is 12.8 Å². The number of carboxylic acids is 1.